The third kappa shape index (κ3) is 1.65. The van der Waals surface area contributed by atoms with E-state index < -0.39 is 0 Å². The van der Waals surface area contributed by atoms with Gasteiger partial charge in [0.1, 0.15) is 0 Å². The van der Waals surface area contributed by atoms with Crippen LogP contribution in [-0.2, 0) is 0 Å². The fraction of sp³-hybridized carbons (Fsp3) is 1.00. The van der Waals surface area contributed by atoms with Crippen LogP contribution >= 0.6 is 22.9 Å². The molecular formula is C10H18IN. The number of rotatable bonds is 1. The molecule has 0 aromatic heterocycles. The molecule has 0 aromatic carbocycles. The highest BCUT2D eigenvalue weighted by Gasteiger charge is 2.45. The van der Waals surface area contributed by atoms with Gasteiger partial charge in [0, 0.05) is 36.0 Å². The van der Waals surface area contributed by atoms with E-state index in [1.54, 1.807) is 0 Å². The highest BCUT2D eigenvalue weighted by molar-refractivity contribution is 14.1. The standard InChI is InChI=1S/C10H18IN/c1-2-9-6-10(7-9)4-3-5-12(11)8-10/h9H,2-8H2,1H3. The monoisotopic (exact) mass is 279 g/mol. The van der Waals surface area contributed by atoms with E-state index in [0.29, 0.717) is 0 Å². The average molecular weight is 279 g/mol. The van der Waals surface area contributed by atoms with Gasteiger partial charge in [-0.15, -0.1) is 0 Å². The zero-order chi connectivity index (χ0) is 8.60. The third-order valence-electron chi connectivity index (χ3n) is 3.64. The summed E-state index contributed by atoms with van der Waals surface area (Å²) in [4.78, 5) is 0. The van der Waals surface area contributed by atoms with Crippen molar-refractivity contribution < 1.29 is 0 Å². The molecular weight excluding hydrogens is 261 g/mol. The lowest BCUT2D eigenvalue weighted by Crippen LogP contribution is -2.47. The summed E-state index contributed by atoms with van der Waals surface area (Å²) in [5.74, 6) is 1.06. The van der Waals surface area contributed by atoms with Crippen LogP contribution in [0.15, 0.2) is 0 Å². The Balaban J connectivity index is 1.88. The Morgan fingerprint density at radius 1 is 1.50 bits per heavy atom. The summed E-state index contributed by atoms with van der Waals surface area (Å²) in [6.07, 6.45) is 7.37. The Bertz CT molecular complexity index is 163. The molecule has 0 radical (unpaired) electrons. The van der Waals surface area contributed by atoms with Crippen LogP contribution in [0.4, 0.5) is 0 Å². The number of halogens is 1. The predicted octanol–water partition coefficient (Wildman–Crippen LogP) is 3.24. The SMILES string of the molecule is CCC1CC2(CCCN(I)C2)C1. The topological polar surface area (TPSA) is 3.24 Å². The second-order valence-electron chi connectivity index (χ2n) is 4.63. The van der Waals surface area contributed by atoms with Crippen molar-refractivity contribution in [1.29, 1.82) is 0 Å². The molecule has 0 N–H and O–H groups in total. The summed E-state index contributed by atoms with van der Waals surface area (Å²) in [7, 11) is 0. The van der Waals surface area contributed by atoms with Crippen LogP contribution in [-0.4, -0.2) is 16.2 Å². The van der Waals surface area contributed by atoms with E-state index >= 15 is 0 Å². The molecule has 1 spiro atoms. The van der Waals surface area contributed by atoms with Crippen molar-refractivity contribution in [2.24, 2.45) is 11.3 Å². The molecule has 1 nitrogen and oxygen atoms in total. The van der Waals surface area contributed by atoms with E-state index in [2.05, 4.69) is 32.9 Å². The van der Waals surface area contributed by atoms with E-state index in [1.807, 2.05) is 0 Å². The molecule has 2 rings (SSSR count). The smallest absolute Gasteiger partial charge is 0.0201 e. The molecule has 12 heavy (non-hydrogen) atoms. The van der Waals surface area contributed by atoms with E-state index in [4.69, 9.17) is 0 Å². The zero-order valence-electron chi connectivity index (χ0n) is 7.85. The Morgan fingerprint density at radius 2 is 2.25 bits per heavy atom. The van der Waals surface area contributed by atoms with Crippen LogP contribution in [0.5, 0.6) is 0 Å². The van der Waals surface area contributed by atoms with Gasteiger partial charge in [0.2, 0.25) is 0 Å². The molecule has 2 heteroatoms. The van der Waals surface area contributed by atoms with Gasteiger partial charge < -0.3 is 0 Å². The molecule has 0 amide bonds. The lowest BCUT2D eigenvalue weighted by atomic mass is 9.58. The summed E-state index contributed by atoms with van der Waals surface area (Å²) in [6, 6.07) is 0. The van der Waals surface area contributed by atoms with Gasteiger partial charge in [-0.2, -0.15) is 0 Å². The molecule has 1 aliphatic heterocycles. The third-order valence-corrected chi connectivity index (χ3v) is 4.46. The first-order valence-corrected chi connectivity index (χ1v) is 6.11. The Kier molecular flexibility index (Phi) is 2.66. The molecule has 2 fully saturated rings. The number of nitrogens with zero attached hydrogens (tertiary/aromatic N) is 1. The maximum absolute atomic E-state index is 2.49. The van der Waals surface area contributed by atoms with Gasteiger partial charge >= 0.3 is 0 Å². The van der Waals surface area contributed by atoms with Gasteiger partial charge in [0.05, 0.1) is 0 Å². The van der Waals surface area contributed by atoms with Crippen molar-refractivity contribution in [3.63, 3.8) is 0 Å². The molecule has 0 atom stereocenters. The molecule has 0 unspecified atom stereocenters. The largest absolute Gasteiger partial charge is 0.247 e. The van der Waals surface area contributed by atoms with Gasteiger partial charge in [-0.1, -0.05) is 13.3 Å². The Labute approximate surface area is 89.4 Å². The lowest BCUT2D eigenvalue weighted by molar-refractivity contribution is 0.00773. The van der Waals surface area contributed by atoms with E-state index in [9.17, 15) is 0 Å². The lowest BCUT2D eigenvalue weighted by Gasteiger charge is -2.52. The van der Waals surface area contributed by atoms with Crippen LogP contribution in [0.3, 0.4) is 0 Å². The number of hydrogen-bond acceptors (Lipinski definition) is 1. The Hall–Kier alpha value is 0.690. The van der Waals surface area contributed by atoms with Crippen molar-refractivity contribution in [3.05, 3.63) is 0 Å². The van der Waals surface area contributed by atoms with Crippen molar-refractivity contribution in [3.8, 4) is 0 Å². The maximum Gasteiger partial charge on any atom is 0.0201 e. The van der Waals surface area contributed by atoms with Crippen LogP contribution in [0.2, 0.25) is 0 Å². The van der Waals surface area contributed by atoms with Crippen molar-refractivity contribution in [2.45, 2.75) is 39.0 Å². The van der Waals surface area contributed by atoms with Crippen molar-refractivity contribution in [1.82, 2.24) is 3.11 Å². The van der Waals surface area contributed by atoms with Crippen molar-refractivity contribution >= 4 is 22.9 Å². The van der Waals surface area contributed by atoms with E-state index in [-0.39, 0.29) is 0 Å². The van der Waals surface area contributed by atoms with Gasteiger partial charge in [0.25, 0.3) is 0 Å². The molecule has 1 aliphatic carbocycles. The average Bonchev–Trinajstić information content (AvgIpc) is 1.99. The molecule has 1 saturated carbocycles. The molecule has 0 bridgehead atoms. The number of hydrogen-bond donors (Lipinski definition) is 0. The fourth-order valence-electron chi connectivity index (χ4n) is 2.93. The van der Waals surface area contributed by atoms with Gasteiger partial charge in [-0.05, 0) is 37.0 Å². The first-order valence-electron chi connectivity index (χ1n) is 5.15. The Morgan fingerprint density at radius 3 is 2.83 bits per heavy atom. The summed E-state index contributed by atoms with van der Waals surface area (Å²) in [5.41, 5.74) is 0.764. The minimum absolute atomic E-state index is 0.764. The normalized spacial score (nSPS) is 43.0. The van der Waals surface area contributed by atoms with Crippen LogP contribution in [0, 0.1) is 11.3 Å². The summed E-state index contributed by atoms with van der Waals surface area (Å²) in [5, 5.41) is 0. The minimum atomic E-state index is 0.764. The second kappa shape index (κ2) is 3.45. The first kappa shape index (κ1) is 9.25. The molecule has 1 saturated heterocycles. The van der Waals surface area contributed by atoms with Crippen LogP contribution < -0.4 is 0 Å². The predicted molar refractivity (Wildman–Crippen MR) is 60.3 cm³/mol. The van der Waals surface area contributed by atoms with Crippen molar-refractivity contribution in [2.75, 3.05) is 13.1 Å². The molecule has 1 heterocycles. The van der Waals surface area contributed by atoms with Gasteiger partial charge in [-0.25, -0.2) is 3.11 Å². The van der Waals surface area contributed by atoms with Gasteiger partial charge in [-0.3, -0.25) is 0 Å². The second-order valence-corrected chi connectivity index (χ2v) is 5.99. The first-order chi connectivity index (χ1) is 5.74. The molecule has 70 valence electrons. The molecule has 0 aromatic rings. The fourth-order valence-corrected chi connectivity index (χ4v) is 4.00. The highest BCUT2D eigenvalue weighted by Crippen LogP contribution is 2.52. The summed E-state index contributed by atoms with van der Waals surface area (Å²) in [6.45, 7) is 5.02. The molecule has 2 aliphatic rings. The van der Waals surface area contributed by atoms with Gasteiger partial charge in [0.15, 0.2) is 0 Å². The van der Waals surface area contributed by atoms with E-state index in [0.717, 1.165) is 11.3 Å². The summed E-state index contributed by atoms with van der Waals surface area (Å²) < 4.78 is 2.49. The maximum atomic E-state index is 2.49. The number of piperidine rings is 1. The van der Waals surface area contributed by atoms with Crippen LogP contribution in [0.25, 0.3) is 0 Å². The summed E-state index contributed by atoms with van der Waals surface area (Å²) >= 11 is 2.49. The zero-order valence-corrected chi connectivity index (χ0v) is 10.0. The minimum Gasteiger partial charge on any atom is -0.247 e. The van der Waals surface area contributed by atoms with E-state index in [1.165, 1.54) is 45.2 Å². The quantitative estimate of drug-likeness (QED) is 0.526. The van der Waals surface area contributed by atoms with Crippen LogP contribution in [0.1, 0.15) is 39.0 Å². The highest BCUT2D eigenvalue weighted by atomic mass is 127.